The highest BCUT2D eigenvalue weighted by molar-refractivity contribution is 6.29. The zero-order valence-corrected chi connectivity index (χ0v) is 21.9. The number of piperidine rings is 1. The van der Waals surface area contributed by atoms with Gasteiger partial charge in [0.15, 0.2) is 0 Å². The van der Waals surface area contributed by atoms with Crippen molar-refractivity contribution in [2.75, 3.05) is 30.3 Å². The normalized spacial score (nSPS) is 25.6. The number of hydrogen-bond acceptors (Lipinski definition) is 7. The minimum Gasteiger partial charge on any atom is -0.393 e. The van der Waals surface area contributed by atoms with Crippen LogP contribution in [0.1, 0.15) is 75.7 Å². The highest BCUT2D eigenvalue weighted by Gasteiger charge is 2.36. The summed E-state index contributed by atoms with van der Waals surface area (Å²) in [5.41, 5.74) is 1.90. The highest BCUT2D eigenvalue weighted by atomic mass is 35.5. The highest BCUT2D eigenvalue weighted by Crippen LogP contribution is 2.38. The third-order valence-corrected chi connectivity index (χ3v) is 8.42. The molecule has 2 saturated carbocycles. The fraction of sp³-hybridized carbons (Fsp3) is 0.667. The number of hydrogen-bond donors (Lipinski definition) is 3. The molecule has 2 aromatic heterocycles. The van der Waals surface area contributed by atoms with Gasteiger partial charge in [-0.25, -0.2) is 18.7 Å². The minimum atomic E-state index is -2.46. The molecule has 0 amide bonds. The molecule has 37 heavy (non-hydrogen) atoms. The van der Waals surface area contributed by atoms with Gasteiger partial charge < -0.3 is 20.6 Å². The van der Waals surface area contributed by atoms with E-state index in [4.69, 9.17) is 16.6 Å². The Morgan fingerprint density at radius 2 is 1.76 bits per heavy atom. The summed E-state index contributed by atoms with van der Waals surface area (Å²) in [6.07, 6.45) is 10.1. The molecule has 0 atom stereocenters. The van der Waals surface area contributed by atoms with E-state index in [1.165, 1.54) is 0 Å². The quantitative estimate of drug-likeness (QED) is 0.376. The van der Waals surface area contributed by atoms with Crippen LogP contribution >= 0.6 is 11.6 Å². The first kappa shape index (κ1) is 26.5. The second-order valence-electron chi connectivity index (χ2n) is 11.0. The number of halogens is 3. The molecule has 0 spiro atoms. The maximum absolute atomic E-state index is 13.5. The summed E-state index contributed by atoms with van der Waals surface area (Å²) in [5.74, 6) is -0.394. The summed E-state index contributed by atoms with van der Waals surface area (Å²) < 4.78 is 27.1. The number of aliphatic hydroxyl groups excluding tert-OH is 1. The van der Waals surface area contributed by atoms with E-state index >= 15 is 0 Å². The van der Waals surface area contributed by atoms with Gasteiger partial charge in [-0.2, -0.15) is 4.98 Å². The zero-order valence-electron chi connectivity index (χ0n) is 21.2. The monoisotopic (exact) mass is 534 g/mol. The van der Waals surface area contributed by atoms with Crippen LogP contribution in [0.2, 0.25) is 5.15 Å². The van der Waals surface area contributed by atoms with Crippen LogP contribution in [0.15, 0.2) is 24.5 Å². The first-order chi connectivity index (χ1) is 17.8. The number of rotatable bonds is 7. The van der Waals surface area contributed by atoms with Gasteiger partial charge in [-0.15, -0.1) is 0 Å². The van der Waals surface area contributed by atoms with Crippen molar-refractivity contribution in [3.63, 3.8) is 0 Å². The largest absolute Gasteiger partial charge is 0.393 e. The van der Waals surface area contributed by atoms with Gasteiger partial charge in [0.2, 0.25) is 11.9 Å². The van der Waals surface area contributed by atoms with Gasteiger partial charge in [-0.1, -0.05) is 11.6 Å². The molecule has 0 radical (unpaired) electrons. The first-order valence-electron chi connectivity index (χ1n) is 13.6. The summed E-state index contributed by atoms with van der Waals surface area (Å²) >= 11 is 6.03. The minimum absolute atomic E-state index is 0.0325. The molecular weight excluding hydrogens is 498 g/mol. The van der Waals surface area contributed by atoms with Crippen LogP contribution < -0.4 is 10.6 Å². The fourth-order valence-corrected chi connectivity index (χ4v) is 6.14. The molecule has 3 fully saturated rings. The van der Waals surface area contributed by atoms with E-state index in [1.54, 1.807) is 12.3 Å². The molecule has 0 bridgehead atoms. The molecule has 202 valence electrons. The Balaban J connectivity index is 1.25. The summed E-state index contributed by atoms with van der Waals surface area (Å²) in [6, 6.07) is 3.82. The number of alkyl halides is 2. The Morgan fingerprint density at radius 3 is 2.46 bits per heavy atom. The van der Waals surface area contributed by atoms with Crippen LogP contribution in [-0.2, 0) is 0 Å². The van der Waals surface area contributed by atoms with E-state index in [0.29, 0.717) is 35.8 Å². The number of likely N-dealkylation sites (tertiary alicyclic amines) is 1. The SMILES string of the molecule is OC1CCC(Nc2nc(Nc3ccnc(Cl)c3)ncc2C2CCN(CC3CCC(F)(F)CC3)CC2)CC1. The summed E-state index contributed by atoms with van der Waals surface area (Å²) in [5, 5.41) is 17.2. The van der Waals surface area contributed by atoms with Gasteiger partial charge in [0.1, 0.15) is 11.0 Å². The lowest BCUT2D eigenvalue weighted by atomic mass is 9.85. The van der Waals surface area contributed by atoms with E-state index in [-0.39, 0.29) is 25.0 Å². The second kappa shape index (κ2) is 11.7. The van der Waals surface area contributed by atoms with Crippen LogP contribution in [0.4, 0.5) is 26.2 Å². The van der Waals surface area contributed by atoms with Gasteiger partial charge in [0, 0.05) is 49.1 Å². The van der Waals surface area contributed by atoms with Crippen molar-refractivity contribution in [1.82, 2.24) is 19.9 Å². The van der Waals surface area contributed by atoms with Gasteiger partial charge in [-0.3, -0.25) is 0 Å². The van der Waals surface area contributed by atoms with E-state index < -0.39 is 5.92 Å². The number of nitrogens with zero attached hydrogens (tertiary/aromatic N) is 4. The third kappa shape index (κ3) is 7.27. The molecule has 3 heterocycles. The smallest absolute Gasteiger partial charge is 0.248 e. The third-order valence-electron chi connectivity index (χ3n) is 8.22. The average molecular weight is 535 g/mol. The number of aromatic nitrogens is 3. The van der Waals surface area contributed by atoms with Crippen molar-refractivity contribution in [1.29, 1.82) is 0 Å². The molecule has 10 heteroatoms. The first-order valence-corrected chi connectivity index (χ1v) is 14.0. The van der Waals surface area contributed by atoms with Crippen LogP contribution in [-0.4, -0.2) is 62.7 Å². The van der Waals surface area contributed by atoms with E-state index in [2.05, 4.69) is 25.5 Å². The Bertz CT molecular complexity index is 1030. The zero-order chi connectivity index (χ0) is 25.8. The summed E-state index contributed by atoms with van der Waals surface area (Å²) in [4.78, 5) is 16.0. The molecule has 3 N–H and O–H groups in total. The van der Waals surface area contributed by atoms with Crippen molar-refractivity contribution in [3.05, 3.63) is 35.2 Å². The second-order valence-corrected chi connectivity index (χ2v) is 11.4. The Morgan fingerprint density at radius 1 is 1.03 bits per heavy atom. The van der Waals surface area contributed by atoms with Gasteiger partial charge >= 0.3 is 0 Å². The standard InChI is InChI=1S/C27H37ClF2N6O/c28-24-15-21(7-12-31-24)34-26-32-16-23(25(35-26)33-20-1-3-22(37)4-2-20)19-8-13-36(14-9-19)17-18-5-10-27(29,30)11-6-18/h7,12,15-16,18-20,22,37H,1-6,8-11,13-14,17H2,(H2,31,32,33,34,35). The lowest BCUT2D eigenvalue weighted by Gasteiger charge is -2.37. The van der Waals surface area contributed by atoms with Crippen LogP contribution in [0.5, 0.6) is 0 Å². The van der Waals surface area contributed by atoms with Gasteiger partial charge in [0.25, 0.3) is 0 Å². The number of pyridine rings is 1. The molecule has 1 saturated heterocycles. The Labute approximate surface area is 222 Å². The van der Waals surface area contributed by atoms with Crippen molar-refractivity contribution >= 4 is 29.1 Å². The van der Waals surface area contributed by atoms with Crippen molar-refractivity contribution < 1.29 is 13.9 Å². The molecule has 2 aromatic rings. The van der Waals surface area contributed by atoms with E-state index in [1.807, 2.05) is 12.3 Å². The summed E-state index contributed by atoms with van der Waals surface area (Å²) in [6.45, 7) is 2.84. The Kier molecular flexibility index (Phi) is 8.41. The molecule has 5 rings (SSSR count). The number of anilines is 3. The number of aliphatic hydroxyl groups is 1. The predicted octanol–water partition coefficient (Wildman–Crippen LogP) is 5.99. The molecule has 0 unspecified atom stereocenters. The van der Waals surface area contributed by atoms with Crippen molar-refractivity contribution in [2.45, 2.75) is 88.2 Å². The van der Waals surface area contributed by atoms with Crippen LogP contribution in [0.3, 0.4) is 0 Å². The Hall–Kier alpha value is -2.10. The van der Waals surface area contributed by atoms with Gasteiger partial charge in [-0.05, 0) is 88.4 Å². The maximum atomic E-state index is 13.5. The molecule has 7 nitrogen and oxygen atoms in total. The molecular formula is C27H37ClF2N6O. The van der Waals surface area contributed by atoms with Crippen molar-refractivity contribution in [3.8, 4) is 0 Å². The van der Waals surface area contributed by atoms with Crippen LogP contribution in [0.25, 0.3) is 0 Å². The van der Waals surface area contributed by atoms with E-state index in [9.17, 15) is 13.9 Å². The van der Waals surface area contributed by atoms with Gasteiger partial charge in [0.05, 0.1) is 6.10 Å². The molecule has 1 aliphatic heterocycles. The fourth-order valence-electron chi connectivity index (χ4n) is 5.96. The van der Waals surface area contributed by atoms with Crippen molar-refractivity contribution in [2.24, 2.45) is 5.92 Å². The average Bonchev–Trinajstić information content (AvgIpc) is 2.88. The van der Waals surface area contributed by atoms with E-state index in [0.717, 1.165) is 75.2 Å². The maximum Gasteiger partial charge on any atom is 0.248 e. The predicted molar refractivity (Wildman–Crippen MR) is 142 cm³/mol. The van der Waals surface area contributed by atoms with Crippen LogP contribution in [0, 0.1) is 5.92 Å². The molecule has 2 aliphatic carbocycles. The molecule has 0 aromatic carbocycles. The lowest BCUT2D eigenvalue weighted by molar-refractivity contribution is -0.0494. The topological polar surface area (TPSA) is 86.2 Å². The molecule has 3 aliphatic rings. The summed E-state index contributed by atoms with van der Waals surface area (Å²) in [7, 11) is 0. The number of nitrogens with one attached hydrogen (secondary N) is 2. The lowest BCUT2D eigenvalue weighted by Crippen LogP contribution is -2.39.